The van der Waals surface area contributed by atoms with Gasteiger partial charge in [0.15, 0.2) is 0 Å². The SMILES string of the molecule is CCN(CC)C1CNCNC1. The van der Waals surface area contributed by atoms with Crippen molar-refractivity contribution in [3.63, 3.8) is 0 Å². The molecular formula is C8H19N3. The van der Waals surface area contributed by atoms with Crippen LogP contribution >= 0.6 is 0 Å². The molecular weight excluding hydrogens is 138 g/mol. The first-order valence-electron chi connectivity index (χ1n) is 4.54. The highest BCUT2D eigenvalue weighted by atomic mass is 15.2. The monoisotopic (exact) mass is 157 g/mol. The lowest BCUT2D eigenvalue weighted by atomic mass is 10.2. The Morgan fingerprint density at radius 1 is 1.18 bits per heavy atom. The lowest BCUT2D eigenvalue weighted by Gasteiger charge is -2.33. The largest absolute Gasteiger partial charge is 0.303 e. The van der Waals surface area contributed by atoms with Crippen molar-refractivity contribution in [1.82, 2.24) is 15.5 Å². The minimum atomic E-state index is 0.693. The maximum absolute atomic E-state index is 3.33. The molecule has 1 heterocycles. The average molecular weight is 157 g/mol. The van der Waals surface area contributed by atoms with Crippen LogP contribution in [0.1, 0.15) is 13.8 Å². The Balaban J connectivity index is 2.30. The molecule has 3 heteroatoms. The van der Waals surface area contributed by atoms with E-state index in [9.17, 15) is 0 Å². The molecule has 0 aliphatic carbocycles. The Morgan fingerprint density at radius 2 is 1.73 bits per heavy atom. The summed E-state index contributed by atoms with van der Waals surface area (Å²) in [5, 5.41) is 6.66. The minimum Gasteiger partial charge on any atom is -0.303 e. The predicted molar refractivity (Wildman–Crippen MR) is 47.6 cm³/mol. The van der Waals surface area contributed by atoms with Gasteiger partial charge < -0.3 is 10.6 Å². The highest BCUT2D eigenvalue weighted by Gasteiger charge is 2.16. The van der Waals surface area contributed by atoms with Crippen molar-refractivity contribution in [3.8, 4) is 0 Å². The molecule has 11 heavy (non-hydrogen) atoms. The van der Waals surface area contributed by atoms with Crippen molar-refractivity contribution in [2.24, 2.45) is 0 Å². The molecule has 1 aliphatic heterocycles. The fourth-order valence-electron chi connectivity index (χ4n) is 1.64. The van der Waals surface area contributed by atoms with Gasteiger partial charge in [-0.1, -0.05) is 13.8 Å². The van der Waals surface area contributed by atoms with Crippen LogP contribution in [0.4, 0.5) is 0 Å². The van der Waals surface area contributed by atoms with Gasteiger partial charge in [-0.15, -0.1) is 0 Å². The Labute approximate surface area is 69.1 Å². The number of nitrogens with one attached hydrogen (secondary N) is 2. The summed E-state index contributed by atoms with van der Waals surface area (Å²) in [6.45, 7) is 9.99. The highest BCUT2D eigenvalue weighted by molar-refractivity contribution is 4.78. The number of rotatable bonds is 3. The summed E-state index contributed by atoms with van der Waals surface area (Å²) in [5.74, 6) is 0. The maximum atomic E-state index is 3.33. The number of likely N-dealkylation sites (N-methyl/N-ethyl adjacent to an activating group) is 1. The van der Waals surface area contributed by atoms with Crippen molar-refractivity contribution in [2.75, 3.05) is 32.8 Å². The van der Waals surface area contributed by atoms with Gasteiger partial charge in [-0.05, 0) is 13.1 Å². The van der Waals surface area contributed by atoms with E-state index in [2.05, 4.69) is 29.4 Å². The fraction of sp³-hybridized carbons (Fsp3) is 1.00. The van der Waals surface area contributed by atoms with E-state index in [1.165, 1.54) is 0 Å². The van der Waals surface area contributed by atoms with Crippen molar-refractivity contribution in [3.05, 3.63) is 0 Å². The standard InChI is InChI=1S/C8H19N3/c1-3-11(4-2)8-5-9-7-10-6-8/h8-10H,3-7H2,1-2H3. The lowest BCUT2D eigenvalue weighted by Crippen LogP contribution is -2.54. The van der Waals surface area contributed by atoms with Gasteiger partial charge in [-0.3, -0.25) is 4.90 Å². The smallest absolute Gasteiger partial charge is 0.0455 e. The summed E-state index contributed by atoms with van der Waals surface area (Å²) in [4.78, 5) is 2.49. The van der Waals surface area contributed by atoms with Crippen LogP contribution in [0.5, 0.6) is 0 Å². The van der Waals surface area contributed by atoms with Crippen LogP contribution in [0.25, 0.3) is 0 Å². The van der Waals surface area contributed by atoms with E-state index in [0.717, 1.165) is 32.8 Å². The number of hydrogen-bond acceptors (Lipinski definition) is 3. The van der Waals surface area contributed by atoms with Gasteiger partial charge in [-0.2, -0.15) is 0 Å². The van der Waals surface area contributed by atoms with Crippen LogP contribution in [0.15, 0.2) is 0 Å². The third kappa shape index (κ3) is 2.43. The normalized spacial score (nSPS) is 21.0. The molecule has 0 aromatic carbocycles. The minimum absolute atomic E-state index is 0.693. The molecule has 1 rings (SSSR count). The topological polar surface area (TPSA) is 27.3 Å². The quantitative estimate of drug-likeness (QED) is 0.596. The summed E-state index contributed by atoms with van der Waals surface area (Å²) >= 11 is 0. The molecule has 0 unspecified atom stereocenters. The van der Waals surface area contributed by atoms with Gasteiger partial charge >= 0.3 is 0 Å². The number of nitrogens with zero attached hydrogens (tertiary/aromatic N) is 1. The van der Waals surface area contributed by atoms with Crippen LogP contribution < -0.4 is 10.6 Å². The third-order valence-electron chi connectivity index (χ3n) is 2.34. The third-order valence-corrected chi connectivity index (χ3v) is 2.34. The molecule has 66 valence electrons. The second-order valence-corrected chi connectivity index (χ2v) is 2.96. The molecule has 0 bridgehead atoms. The van der Waals surface area contributed by atoms with Crippen LogP contribution in [0.3, 0.4) is 0 Å². The first-order chi connectivity index (χ1) is 5.38. The molecule has 1 aliphatic rings. The van der Waals surface area contributed by atoms with E-state index in [1.807, 2.05) is 0 Å². The zero-order chi connectivity index (χ0) is 8.10. The van der Waals surface area contributed by atoms with E-state index >= 15 is 0 Å². The summed E-state index contributed by atoms with van der Waals surface area (Å²) < 4.78 is 0. The zero-order valence-corrected chi connectivity index (χ0v) is 7.56. The first kappa shape index (κ1) is 8.97. The molecule has 2 N–H and O–H groups in total. The van der Waals surface area contributed by atoms with Crippen LogP contribution in [0.2, 0.25) is 0 Å². The van der Waals surface area contributed by atoms with Crippen molar-refractivity contribution in [1.29, 1.82) is 0 Å². The zero-order valence-electron chi connectivity index (χ0n) is 7.56. The van der Waals surface area contributed by atoms with Crippen molar-refractivity contribution >= 4 is 0 Å². The molecule has 1 fully saturated rings. The summed E-state index contributed by atoms with van der Waals surface area (Å²) in [5.41, 5.74) is 0. The van der Waals surface area contributed by atoms with Crippen molar-refractivity contribution < 1.29 is 0 Å². The van der Waals surface area contributed by atoms with E-state index in [1.54, 1.807) is 0 Å². The Bertz CT molecular complexity index is 95.5. The average Bonchev–Trinajstić information content (AvgIpc) is 2.09. The highest BCUT2D eigenvalue weighted by Crippen LogP contribution is 1.98. The second-order valence-electron chi connectivity index (χ2n) is 2.96. The van der Waals surface area contributed by atoms with Gasteiger partial charge in [0.1, 0.15) is 0 Å². The van der Waals surface area contributed by atoms with Gasteiger partial charge in [-0.25, -0.2) is 0 Å². The predicted octanol–water partition coefficient (Wildman–Crippen LogP) is -0.153. The van der Waals surface area contributed by atoms with E-state index in [0.29, 0.717) is 6.04 Å². The summed E-state index contributed by atoms with van der Waals surface area (Å²) in [6, 6.07) is 0.693. The Kier molecular flexibility index (Phi) is 3.83. The maximum Gasteiger partial charge on any atom is 0.0455 e. The molecule has 0 aromatic heterocycles. The molecule has 0 amide bonds. The molecule has 0 aromatic rings. The Hall–Kier alpha value is -0.120. The lowest BCUT2D eigenvalue weighted by molar-refractivity contribution is 0.187. The van der Waals surface area contributed by atoms with Gasteiger partial charge in [0.2, 0.25) is 0 Å². The van der Waals surface area contributed by atoms with Gasteiger partial charge in [0, 0.05) is 25.8 Å². The van der Waals surface area contributed by atoms with E-state index in [-0.39, 0.29) is 0 Å². The summed E-state index contributed by atoms with van der Waals surface area (Å²) in [7, 11) is 0. The van der Waals surface area contributed by atoms with E-state index < -0.39 is 0 Å². The molecule has 0 radical (unpaired) electrons. The molecule has 0 atom stereocenters. The first-order valence-corrected chi connectivity index (χ1v) is 4.54. The van der Waals surface area contributed by atoms with Gasteiger partial charge in [0.25, 0.3) is 0 Å². The Morgan fingerprint density at radius 3 is 2.18 bits per heavy atom. The van der Waals surface area contributed by atoms with Crippen LogP contribution in [-0.4, -0.2) is 43.8 Å². The van der Waals surface area contributed by atoms with E-state index in [4.69, 9.17) is 0 Å². The van der Waals surface area contributed by atoms with Crippen LogP contribution in [-0.2, 0) is 0 Å². The van der Waals surface area contributed by atoms with Crippen LogP contribution in [0, 0.1) is 0 Å². The molecule has 0 saturated carbocycles. The van der Waals surface area contributed by atoms with Crippen molar-refractivity contribution in [2.45, 2.75) is 19.9 Å². The number of hydrogen-bond donors (Lipinski definition) is 2. The molecule has 1 saturated heterocycles. The molecule has 3 nitrogen and oxygen atoms in total. The van der Waals surface area contributed by atoms with Gasteiger partial charge in [0.05, 0.1) is 0 Å². The fourth-order valence-corrected chi connectivity index (χ4v) is 1.64. The second kappa shape index (κ2) is 4.70. The molecule has 0 spiro atoms. The summed E-state index contributed by atoms with van der Waals surface area (Å²) in [6.07, 6.45) is 0.